The van der Waals surface area contributed by atoms with Crippen LogP contribution in [0.3, 0.4) is 0 Å². The van der Waals surface area contributed by atoms with Gasteiger partial charge in [-0.05, 0) is 56.6 Å². The molecule has 1 aliphatic heterocycles. The molecular weight excluding hydrogens is 266 g/mol. The summed E-state index contributed by atoms with van der Waals surface area (Å²) >= 11 is 0. The summed E-state index contributed by atoms with van der Waals surface area (Å²) in [5.41, 5.74) is 2.12. The number of phenols is 1. The number of benzene rings is 1. The number of aromatic hydroxyl groups is 1. The highest BCUT2D eigenvalue weighted by molar-refractivity contribution is 5.87. The number of likely N-dealkylation sites (tertiary alicyclic amines) is 1. The Hall–Kier alpha value is -2.01. The van der Waals surface area contributed by atoms with Crippen molar-refractivity contribution >= 4 is 17.3 Å². The Labute approximate surface area is 124 Å². The number of carbonyl (C=O) groups is 1. The van der Waals surface area contributed by atoms with Crippen molar-refractivity contribution in [1.29, 1.82) is 0 Å². The Morgan fingerprint density at radius 3 is 2.95 bits per heavy atom. The van der Waals surface area contributed by atoms with Crippen LogP contribution in [0, 0.1) is 0 Å². The number of aromatic nitrogens is 1. The molecule has 0 radical (unpaired) electrons. The molecule has 1 aliphatic rings. The number of likely N-dealkylation sites (N-methyl/N-ethyl adjacent to an activating group) is 1. The fourth-order valence-electron chi connectivity index (χ4n) is 3.23. The summed E-state index contributed by atoms with van der Waals surface area (Å²) in [7, 11) is 3.89. The average molecular weight is 287 g/mol. The molecule has 3 rings (SSSR count). The Kier molecular flexibility index (Phi) is 3.59. The summed E-state index contributed by atoms with van der Waals surface area (Å²) in [6.45, 7) is 1.14. The maximum atomic E-state index is 11.1. The first-order valence-electron chi connectivity index (χ1n) is 7.31. The number of fused-ring (bicyclic) bond motifs is 1. The van der Waals surface area contributed by atoms with E-state index in [9.17, 15) is 9.90 Å². The van der Waals surface area contributed by atoms with E-state index in [-0.39, 0.29) is 5.75 Å². The van der Waals surface area contributed by atoms with E-state index in [0.717, 1.165) is 30.3 Å². The molecule has 1 N–H and O–H groups in total. The molecule has 1 aromatic carbocycles. The molecule has 1 amide bonds. The maximum absolute atomic E-state index is 11.1. The van der Waals surface area contributed by atoms with Crippen LogP contribution < -0.4 is 5.01 Å². The molecule has 0 spiro atoms. The zero-order valence-electron chi connectivity index (χ0n) is 12.5. The van der Waals surface area contributed by atoms with Crippen LogP contribution in [-0.4, -0.2) is 47.8 Å². The predicted octanol–water partition coefficient (Wildman–Crippen LogP) is 1.71. The second-order valence-electron chi connectivity index (χ2n) is 5.86. The van der Waals surface area contributed by atoms with Gasteiger partial charge in [0.2, 0.25) is 6.41 Å². The number of hydrogen-bond acceptors (Lipinski definition) is 3. The van der Waals surface area contributed by atoms with E-state index < -0.39 is 0 Å². The van der Waals surface area contributed by atoms with Crippen molar-refractivity contribution in [2.45, 2.75) is 25.3 Å². The predicted molar refractivity (Wildman–Crippen MR) is 83.2 cm³/mol. The number of phenolic OH excluding ortho intramolecular Hbond substituents is 1. The normalized spacial score (nSPS) is 19.2. The number of hydrogen-bond donors (Lipinski definition) is 1. The van der Waals surface area contributed by atoms with Gasteiger partial charge in [-0.25, -0.2) is 0 Å². The van der Waals surface area contributed by atoms with Crippen molar-refractivity contribution in [1.82, 2.24) is 9.58 Å². The van der Waals surface area contributed by atoms with Crippen LogP contribution in [0.5, 0.6) is 5.75 Å². The van der Waals surface area contributed by atoms with Crippen molar-refractivity contribution in [3.05, 3.63) is 30.0 Å². The zero-order chi connectivity index (χ0) is 15.0. The molecular formula is C16H21N3O2. The fourth-order valence-corrected chi connectivity index (χ4v) is 3.23. The summed E-state index contributed by atoms with van der Waals surface area (Å²) in [6, 6.07) is 5.83. The largest absolute Gasteiger partial charge is 0.508 e. The second-order valence-corrected chi connectivity index (χ2v) is 5.86. The third kappa shape index (κ3) is 2.49. The van der Waals surface area contributed by atoms with Crippen LogP contribution in [0.2, 0.25) is 0 Å². The Morgan fingerprint density at radius 2 is 2.29 bits per heavy atom. The van der Waals surface area contributed by atoms with Gasteiger partial charge in [0.05, 0.1) is 5.52 Å². The molecule has 1 atom stereocenters. The summed E-state index contributed by atoms with van der Waals surface area (Å²) in [4.78, 5) is 13.5. The average Bonchev–Trinajstić information content (AvgIpc) is 3.03. The van der Waals surface area contributed by atoms with E-state index in [1.807, 2.05) is 16.9 Å². The quantitative estimate of drug-likeness (QED) is 0.871. The lowest BCUT2D eigenvalue weighted by Gasteiger charge is -2.18. The first kappa shape index (κ1) is 13.9. The van der Waals surface area contributed by atoms with Gasteiger partial charge in [-0.15, -0.1) is 0 Å². The highest BCUT2D eigenvalue weighted by Gasteiger charge is 2.23. The molecule has 21 heavy (non-hydrogen) atoms. The van der Waals surface area contributed by atoms with Gasteiger partial charge in [-0.3, -0.25) is 14.5 Å². The summed E-state index contributed by atoms with van der Waals surface area (Å²) in [6.07, 6.45) is 6.17. The first-order valence-corrected chi connectivity index (χ1v) is 7.31. The number of rotatable bonds is 4. The molecule has 1 saturated heterocycles. The second kappa shape index (κ2) is 5.41. The molecule has 0 bridgehead atoms. The van der Waals surface area contributed by atoms with Crippen molar-refractivity contribution in [3.8, 4) is 5.75 Å². The summed E-state index contributed by atoms with van der Waals surface area (Å²) < 4.78 is 1.84. The van der Waals surface area contributed by atoms with Crippen LogP contribution in [0.15, 0.2) is 24.4 Å². The van der Waals surface area contributed by atoms with Crippen molar-refractivity contribution in [2.75, 3.05) is 25.6 Å². The molecule has 112 valence electrons. The van der Waals surface area contributed by atoms with Crippen LogP contribution in [-0.2, 0) is 11.2 Å². The topological polar surface area (TPSA) is 48.7 Å². The van der Waals surface area contributed by atoms with E-state index in [1.165, 1.54) is 23.4 Å². The summed E-state index contributed by atoms with van der Waals surface area (Å²) in [5, 5.41) is 12.3. The minimum atomic E-state index is 0.259. The van der Waals surface area contributed by atoms with E-state index >= 15 is 0 Å². The zero-order valence-corrected chi connectivity index (χ0v) is 12.5. The monoisotopic (exact) mass is 287 g/mol. The number of carbonyl (C=O) groups excluding carboxylic acids is 1. The van der Waals surface area contributed by atoms with Gasteiger partial charge in [0.25, 0.3) is 0 Å². The highest BCUT2D eigenvalue weighted by Crippen LogP contribution is 2.29. The smallest absolute Gasteiger partial charge is 0.228 e. The Morgan fingerprint density at radius 1 is 1.48 bits per heavy atom. The molecule has 0 saturated carbocycles. The van der Waals surface area contributed by atoms with Crippen LogP contribution in [0.4, 0.5) is 0 Å². The molecule has 0 unspecified atom stereocenters. The van der Waals surface area contributed by atoms with Gasteiger partial charge in [0.15, 0.2) is 0 Å². The third-order valence-corrected chi connectivity index (χ3v) is 4.47. The van der Waals surface area contributed by atoms with E-state index in [2.05, 4.69) is 11.9 Å². The SMILES string of the molecule is CN1CCC[C@@H]1Cc1cn(N(C)C=O)c2ccc(O)cc12. The minimum Gasteiger partial charge on any atom is -0.508 e. The Bertz CT molecular complexity index is 665. The fraction of sp³-hybridized carbons (Fsp3) is 0.438. The van der Waals surface area contributed by atoms with E-state index in [1.54, 1.807) is 19.2 Å². The number of amides is 1. The van der Waals surface area contributed by atoms with Crippen molar-refractivity contribution in [3.63, 3.8) is 0 Å². The van der Waals surface area contributed by atoms with E-state index in [4.69, 9.17) is 0 Å². The van der Waals surface area contributed by atoms with Gasteiger partial charge < -0.3 is 10.0 Å². The highest BCUT2D eigenvalue weighted by atomic mass is 16.3. The van der Waals surface area contributed by atoms with Gasteiger partial charge in [-0.1, -0.05) is 0 Å². The maximum Gasteiger partial charge on any atom is 0.228 e. The molecule has 5 heteroatoms. The summed E-state index contributed by atoms with van der Waals surface area (Å²) in [5.74, 6) is 0.259. The number of nitrogens with zero attached hydrogens (tertiary/aromatic N) is 3. The van der Waals surface area contributed by atoms with Crippen LogP contribution in [0.25, 0.3) is 10.9 Å². The standard InChI is InChI=1S/C16H21N3O2/c1-17-7-3-4-13(17)8-12-10-19(18(2)11-20)16-6-5-14(21)9-15(12)16/h5-6,9-11,13,21H,3-4,7-8H2,1-2H3/t13-/m1/s1. The molecule has 1 fully saturated rings. The first-order chi connectivity index (χ1) is 10.1. The van der Waals surface area contributed by atoms with Crippen molar-refractivity contribution < 1.29 is 9.90 Å². The van der Waals surface area contributed by atoms with Gasteiger partial charge >= 0.3 is 0 Å². The van der Waals surface area contributed by atoms with Gasteiger partial charge in [0.1, 0.15) is 5.75 Å². The lowest BCUT2D eigenvalue weighted by molar-refractivity contribution is -0.108. The lowest BCUT2D eigenvalue weighted by Crippen LogP contribution is -2.28. The lowest BCUT2D eigenvalue weighted by atomic mass is 10.0. The Balaban J connectivity index is 2.04. The molecule has 0 aliphatic carbocycles. The molecule has 5 nitrogen and oxygen atoms in total. The van der Waals surface area contributed by atoms with E-state index in [0.29, 0.717) is 6.04 Å². The van der Waals surface area contributed by atoms with Gasteiger partial charge in [0, 0.05) is 24.7 Å². The van der Waals surface area contributed by atoms with Crippen LogP contribution in [0.1, 0.15) is 18.4 Å². The molecule has 1 aromatic heterocycles. The third-order valence-electron chi connectivity index (χ3n) is 4.47. The van der Waals surface area contributed by atoms with Crippen LogP contribution >= 0.6 is 0 Å². The molecule has 2 heterocycles. The minimum absolute atomic E-state index is 0.259. The van der Waals surface area contributed by atoms with Gasteiger partial charge in [-0.2, -0.15) is 0 Å². The van der Waals surface area contributed by atoms with Crippen molar-refractivity contribution in [2.24, 2.45) is 0 Å². The molecule has 2 aromatic rings.